The molecule has 19 heteroatoms. The highest BCUT2D eigenvalue weighted by atomic mass is 32.2. The van der Waals surface area contributed by atoms with Crippen molar-refractivity contribution < 1.29 is 65.3 Å². The molecule has 0 unspecified atom stereocenters. The number of ether oxygens (including phenoxy) is 5. The van der Waals surface area contributed by atoms with Gasteiger partial charge in [-0.25, -0.2) is 19.2 Å². The van der Waals surface area contributed by atoms with Gasteiger partial charge in [-0.1, -0.05) is 29.3 Å². The molecule has 0 bridgehead atoms. The normalized spacial score (nSPS) is 12.3. The van der Waals surface area contributed by atoms with Gasteiger partial charge in [0.15, 0.2) is 28.7 Å². The summed E-state index contributed by atoms with van der Waals surface area (Å²) >= 11 is 0.733. The second-order valence-corrected chi connectivity index (χ2v) is 12.8. The minimum atomic E-state index is -4.55. The molecule has 270 valence electrons. The summed E-state index contributed by atoms with van der Waals surface area (Å²) in [5.41, 5.74) is 0.740. The summed E-state index contributed by atoms with van der Waals surface area (Å²) in [5.74, 6) is -3.11. The number of methoxy groups -OCH3 is 2. The van der Waals surface area contributed by atoms with Crippen LogP contribution in [0, 0.1) is 5.82 Å². The smallest absolute Gasteiger partial charge is 0.365 e. The molecule has 0 aliphatic carbocycles. The van der Waals surface area contributed by atoms with Crippen LogP contribution in [0.1, 0.15) is 26.5 Å². The largest absolute Gasteiger partial charge is 0.484 e. The highest BCUT2D eigenvalue weighted by molar-refractivity contribution is 7.94. The van der Waals surface area contributed by atoms with E-state index in [1.807, 2.05) is 0 Å². The number of hydrogen-bond acceptors (Lipinski definition) is 15. The van der Waals surface area contributed by atoms with Crippen LogP contribution in [0.5, 0.6) is 23.3 Å². The highest BCUT2D eigenvalue weighted by Crippen LogP contribution is 2.43. The lowest BCUT2D eigenvalue weighted by Gasteiger charge is -2.17. The standard InChI is InChI=1S/C33H26FN3O13S2/c1-44-30-24(19-7-13-23(14-8-19)52(41,42)43)31(36-29(35-30)20-5-9-21(34)10-6-20)48-33(39)26-28-27(46-15-16-47-28)25(32(38)45-2)37(26)17-18-3-11-22(12-4-18)51-50-49-40/h3-14,40H,15-17H2,1-2H3,(H,41,42,43). The van der Waals surface area contributed by atoms with E-state index in [1.54, 1.807) is 24.3 Å². The first kappa shape index (κ1) is 36.2. The fraction of sp³-hybridized carbons (Fsp3) is 0.152. The lowest BCUT2D eigenvalue weighted by molar-refractivity contribution is -0.432. The number of halogens is 1. The topological polar surface area (TPSA) is 204 Å². The Morgan fingerprint density at radius 2 is 1.46 bits per heavy atom. The summed E-state index contributed by atoms with van der Waals surface area (Å²) in [6.45, 7) is -0.0187. The average molecular weight is 756 g/mol. The molecule has 0 amide bonds. The van der Waals surface area contributed by atoms with Crippen LogP contribution in [0.2, 0.25) is 0 Å². The number of carbonyl (C=O) groups is 2. The van der Waals surface area contributed by atoms with Crippen molar-refractivity contribution in [3.8, 4) is 45.8 Å². The average Bonchev–Trinajstić information content (AvgIpc) is 3.47. The summed E-state index contributed by atoms with van der Waals surface area (Å²) in [5, 5.41) is 12.1. The Morgan fingerprint density at radius 3 is 2.04 bits per heavy atom. The zero-order chi connectivity index (χ0) is 37.0. The van der Waals surface area contributed by atoms with Crippen molar-refractivity contribution in [2.24, 2.45) is 0 Å². The maximum absolute atomic E-state index is 14.4. The van der Waals surface area contributed by atoms with Crippen molar-refractivity contribution in [1.82, 2.24) is 14.5 Å². The summed E-state index contributed by atoms with van der Waals surface area (Å²) < 4.78 is 80.8. The molecule has 0 saturated heterocycles. The molecule has 5 aromatic rings. The minimum Gasteiger partial charge on any atom is -0.484 e. The second kappa shape index (κ2) is 15.4. The quantitative estimate of drug-likeness (QED) is 0.0548. The first-order valence-corrected chi connectivity index (χ1v) is 17.1. The molecule has 0 radical (unpaired) electrons. The van der Waals surface area contributed by atoms with Crippen LogP contribution in [0.25, 0.3) is 22.5 Å². The van der Waals surface area contributed by atoms with Gasteiger partial charge in [-0.3, -0.25) is 4.55 Å². The predicted octanol–water partition coefficient (Wildman–Crippen LogP) is 5.26. The van der Waals surface area contributed by atoms with Crippen molar-refractivity contribution in [3.63, 3.8) is 0 Å². The van der Waals surface area contributed by atoms with Gasteiger partial charge in [0.1, 0.15) is 24.6 Å². The van der Waals surface area contributed by atoms with Gasteiger partial charge in [-0.2, -0.15) is 18.4 Å². The van der Waals surface area contributed by atoms with E-state index in [0.717, 1.165) is 31.3 Å². The Morgan fingerprint density at radius 1 is 0.865 bits per heavy atom. The van der Waals surface area contributed by atoms with Crippen molar-refractivity contribution in [2.75, 3.05) is 27.4 Å². The minimum absolute atomic E-state index is 0.00287. The zero-order valence-corrected chi connectivity index (χ0v) is 28.6. The number of hydrogen-bond donors (Lipinski definition) is 2. The van der Waals surface area contributed by atoms with Gasteiger partial charge >= 0.3 is 11.9 Å². The lowest BCUT2D eigenvalue weighted by Crippen LogP contribution is -2.21. The van der Waals surface area contributed by atoms with Crippen LogP contribution in [0.4, 0.5) is 4.39 Å². The van der Waals surface area contributed by atoms with Crippen LogP contribution >= 0.6 is 12.0 Å². The number of benzene rings is 3. The van der Waals surface area contributed by atoms with Crippen molar-refractivity contribution in [3.05, 3.63) is 95.6 Å². The van der Waals surface area contributed by atoms with E-state index >= 15 is 0 Å². The number of nitrogens with zero attached hydrogens (tertiary/aromatic N) is 3. The molecular formula is C33H26FN3O13S2. The van der Waals surface area contributed by atoms with Crippen molar-refractivity contribution in [2.45, 2.75) is 16.3 Å². The van der Waals surface area contributed by atoms with Gasteiger partial charge < -0.3 is 28.3 Å². The molecule has 3 aromatic carbocycles. The van der Waals surface area contributed by atoms with E-state index in [1.165, 1.54) is 48.1 Å². The van der Waals surface area contributed by atoms with Crippen LogP contribution in [0.3, 0.4) is 0 Å². The summed E-state index contributed by atoms with van der Waals surface area (Å²) in [7, 11) is -2.10. The maximum atomic E-state index is 14.4. The first-order valence-electron chi connectivity index (χ1n) is 14.9. The summed E-state index contributed by atoms with van der Waals surface area (Å²) in [6.07, 6.45) is 0. The summed E-state index contributed by atoms with van der Waals surface area (Å²) in [6, 6.07) is 16.6. The molecule has 1 aliphatic rings. The molecule has 6 rings (SSSR count). The molecule has 16 nitrogen and oxygen atoms in total. The molecule has 52 heavy (non-hydrogen) atoms. The Labute approximate surface area is 298 Å². The van der Waals surface area contributed by atoms with E-state index < -0.39 is 32.8 Å². The third-order valence-electron chi connectivity index (χ3n) is 7.52. The third-order valence-corrected chi connectivity index (χ3v) is 8.98. The number of rotatable bonds is 12. The Hall–Kier alpha value is -5.57. The van der Waals surface area contributed by atoms with Gasteiger partial charge in [-0.05, 0) is 59.7 Å². The molecular weight excluding hydrogens is 730 g/mol. The Kier molecular flexibility index (Phi) is 10.7. The van der Waals surface area contributed by atoms with Crippen LogP contribution in [0.15, 0.2) is 82.6 Å². The number of aromatic nitrogens is 3. The van der Waals surface area contributed by atoms with Crippen molar-refractivity contribution >= 4 is 34.1 Å². The van der Waals surface area contributed by atoms with Gasteiger partial charge in [0.05, 0.1) is 31.2 Å². The molecule has 0 fully saturated rings. The number of fused-ring (bicyclic) bond motifs is 1. The van der Waals surface area contributed by atoms with E-state index in [2.05, 4.69) is 19.3 Å². The van der Waals surface area contributed by atoms with Crippen LogP contribution < -0.4 is 18.9 Å². The Balaban J connectivity index is 1.50. The molecule has 0 saturated carbocycles. The molecule has 1 aliphatic heterocycles. The Bertz CT molecular complexity index is 2230. The van der Waals surface area contributed by atoms with E-state index in [-0.39, 0.29) is 71.4 Å². The SMILES string of the molecule is COC(=O)c1c2c(c(C(=O)Oc3nc(-c4ccc(F)cc4)nc(OC)c3-c3ccc(S(=O)(=O)O)cc3)n1Cc1ccc(SOOO)cc1)OCCO2. The lowest BCUT2D eigenvalue weighted by atomic mass is 10.1. The molecule has 2 aromatic heterocycles. The van der Waals surface area contributed by atoms with E-state index in [9.17, 15) is 27.0 Å². The van der Waals surface area contributed by atoms with Gasteiger partial charge in [0.2, 0.25) is 11.8 Å². The van der Waals surface area contributed by atoms with E-state index in [4.69, 9.17) is 28.9 Å². The number of esters is 2. The molecule has 2 N–H and O–H groups in total. The fourth-order valence-corrected chi connectivity index (χ4v) is 6.06. The fourth-order valence-electron chi connectivity index (χ4n) is 5.22. The third kappa shape index (κ3) is 7.54. The molecule has 0 atom stereocenters. The summed E-state index contributed by atoms with van der Waals surface area (Å²) in [4.78, 5) is 36.6. The van der Waals surface area contributed by atoms with Gasteiger partial charge in [0.25, 0.3) is 10.1 Å². The van der Waals surface area contributed by atoms with Gasteiger partial charge in [0, 0.05) is 17.0 Å². The van der Waals surface area contributed by atoms with Crippen LogP contribution in [-0.4, -0.2) is 72.1 Å². The zero-order valence-electron chi connectivity index (χ0n) is 27.0. The van der Waals surface area contributed by atoms with E-state index in [0.29, 0.717) is 16.0 Å². The second-order valence-electron chi connectivity index (χ2n) is 10.6. The highest BCUT2D eigenvalue weighted by Gasteiger charge is 2.37. The maximum Gasteiger partial charge on any atom is 0.365 e. The number of carbonyl (C=O) groups excluding carboxylic acids is 2. The van der Waals surface area contributed by atoms with Crippen LogP contribution in [-0.2, 0) is 30.8 Å². The van der Waals surface area contributed by atoms with Gasteiger partial charge in [-0.15, -0.1) is 4.33 Å². The molecule has 0 spiro atoms. The van der Waals surface area contributed by atoms with Crippen molar-refractivity contribution in [1.29, 1.82) is 0 Å². The predicted molar refractivity (Wildman–Crippen MR) is 177 cm³/mol. The molecule has 3 heterocycles. The monoisotopic (exact) mass is 755 g/mol. The first-order chi connectivity index (χ1) is 25.0.